The molecule has 1 saturated heterocycles. The van der Waals surface area contributed by atoms with E-state index in [0.717, 1.165) is 31.0 Å². The van der Waals surface area contributed by atoms with Crippen LogP contribution in [-0.2, 0) is 14.8 Å². The van der Waals surface area contributed by atoms with Crippen molar-refractivity contribution in [3.8, 4) is 0 Å². The lowest BCUT2D eigenvalue weighted by atomic mass is 10.0. The van der Waals surface area contributed by atoms with E-state index in [9.17, 15) is 17.6 Å². The number of ether oxygens (including phenoxy) is 1. The first-order chi connectivity index (χ1) is 9.86. The highest BCUT2D eigenvalue weighted by atomic mass is 32.2. The summed E-state index contributed by atoms with van der Waals surface area (Å²) in [5, 5.41) is 7.62. The van der Waals surface area contributed by atoms with Crippen molar-refractivity contribution >= 4 is 15.9 Å². The van der Waals surface area contributed by atoms with Gasteiger partial charge in [0.25, 0.3) is 5.91 Å². The summed E-state index contributed by atoms with van der Waals surface area (Å²) in [6.45, 7) is 1.77. The normalized spacial score (nSPS) is 16.7. The van der Waals surface area contributed by atoms with Crippen molar-refractivity contribution in [2.45, 2.75) is 17.7 Å². The predicted molar refractivity (Wildman–Crippen MR) is 73.6 cm³/mol. The van der Waals surface area contributed by atoms with Crippen molar-refractivity contribution < 1.29 is 22.3 Å². The maximum absolute atomic E-state index is 13.4. The smallest absolute Gasteiger partial charge is 0.251 e. The van der Waals surface area contributed by atoms with Gasteiger partial charge in [0.1, 0.15) is 5.82 Å². The Morgan fingerprint density at radius 1 is 1.33 bits per heavy atom. The molecule has 1 aliphatic heterocycles. The topological polar surface area (TPSA) is 98.5 Å². The number of rotatable bonds is 4. The van der Waals surface area contributed by atoms with Crippen LogP contribution in [0.1, 0.15) is 23.2 Å². The third-order valence-electron chi connectivity index (χ3n) is 3.35. The number of benzene rings is 1. The van der Waals surface area contributed by atoms with Crippen molar-refractivity contribution in [2.75, 3.05) is 19.8 Å². The van der Waals surface area contributed by atoms with E-state index in [0.29, 0.717) is 25.7 Å². The van der Waals surface area contributed by atoms with Crippen LogP contribution in [0.4, 0.5) is 4.39 Å². The molecule has 0 atom stereocenters. The van der Waals surface area contributed by atoms with Crippen LogP contribution in [0.25, 0.3) is 0 Å². The maximum Gasteiger partial charge on any atom is 0.251 e. The predicted octanol–water partition coefficient (Wildman–Crippen LogP) is 0.629. The number of halogens is 1. The molecule has 1 aromatic carbocycles. The Hall–Kier alpha value is -1.51. The molecule has 3 N–H and O–H groups in total. The minimum absolute atomic E-state index is 0.0638. The fraction of sp³-hybridized carbons (Fsp3) is 0.462. The molecule has 1 fully saturated rings. The molecule has 8 heteroatoms. The number of carbonyl (C=O) groups is 1. The number of hydrogen-bond acceptors (Lipinski definition) is 4. The molecule has 21 heavy (non-hydrogen) atoms. The summed E-state index contributed by atoms with van der Waals surface area (Å²) >= 11 is 0. The number of nitrogens with one attached hydrogen (secondary N) is 1. The van der Waals surface area contributed by atoms with E-state index in [2.05, 4.69) is 5.32 Å². The van der Waals surface area contributed by atoms with Crippen LogP contribution in [0, 0.1) is 11.7 Å². The molecule has 0 unspecified atom stereocenters. The molecule has 1 amide bonds. The third kappa shape index (κ3) is 4.48. The Morgan fingerprint density at radius 3 is 2.62 bits per heavy atom. The molecule has 0 spiro atoms. The number of amides is 1. The molecule has 2 rings (SSSR count). The van der Waals surface area contributed by atoms with Gasteiger partial charge in [0.2, 0.25) is 10.0 Å². The summed E-state index contributed by atoms with van der Waals surface area (Å²) in [6.07, 6.45) is 1.71. The molecular formula is C13H17FN2O4S. The van der Waals surface area contributed by atoms with Gasteiger partial charge in [-0.25, -0.2) is 17.9 Å². The highest BCUT2D eigenvalue weighted by Gasteiger charge is 2.17. The second-order valence-electron chi connectivity index (χ2n) is 4.99. The summed E-state index contributed by atoms with van der Waals surface area (Å²) in [5.41, 5.74) is -0.0638. The van der Waals surface area contributed by atoms with Gasteiger partial charge < -0.3 is 10.1 Å². The Kier molecular flexibility index (Phi) is 4.92. The Bertz CT molecular complexity index is 627. The average molecular weight is 316 g/mol. The van der Waals surface area contributed by atoms with Gasteiger partial charge >= 0.3 is 0 Å². The van der Waals surface area contributed by atoms with E-state index in [1.165, 1.54) is 0 Å². The van der Waals surface area contributed by atoms with E-state index in [-0.39, 0.29) is 5.56 Å². The molecule has 116 valence electrons. The first-order valence-corrected chi connectivity index (χ1v) is 8.10. The third-order valence-corrected chi connectivity index (χ3v) is 4.25. The minimum Gasteiger partial charge on any atom is -0.381 e. The lowest BCUT2D eigenvalue weighted by Crippen LogP contribution is -2.32. The van der Waals surface area contributed by atoms with Crippen molar-refractivity contribution in [1.82, 2.24) is 5.32 Å². The highest BCUT2D eigenvalue weighted by Crippen LogP contribution is 2.15. The lowest BCUT2D eigenvalue weighted by molar-refractivity contribution is 0.0642. The first kappa shape index (κ1) is 15.9. The fourth-order valence-electron chi connectivity index (χ4n) is 2.15. The Labute approximate surface area is 122 Å². The number of sulfonamides is 1. The second kappa shape index (κ2) is 6.50. The van der Waals surface area contributed by atoms with Crippen molar-refractivity contribution in [1.29, 1.82) is 0 Å². The summed E-state index contributed by atoms with van der Waals surface area (Å²) < 4.78 is 41.1. The number of carbonyl (C=O) groups excluding carboxylic acids is 1. The van der Waals surface area contributed by atoms with Crippen molar-refractivity contribution in [2.24, 2.45) is 11.1 Å². The van der Waals surface area contributed by atoms with Gasteiger partial charge in [0, 0.05) is 25.3 Å². The van der Waals surface area contributed by atoms with Crippen LogP contribution >= 0.6 is 0 Å². The molecule has 6 nitrogen and oxygen atoms in total. The van der Waals surface area contributed by atoms with E-state index in [4.69, 9.17) is 9.88 Å². The van der Waals surface area contributed by atoms with Crippen LogP contribution in [0.5, 0.6) is 0 Å². The van der Waals surface area contributed by atoms with Gasteiger partial charge in [-0.05, 0) is 37.0 Å². The van der Waals surface area contributed by atoms with E-state index in [1.807, 2.05) is 0 Å². The van der Waals surface area contributed by atoms with Crippen molar-refractivity contribution in [3.63, 3.8) is 0 Å². The van der Waals surface area contributed by atoms with Crippen molar-refractivity contribution in [3.05, 3.63) is 29.6 Å². The van der Waals surface area contributed by atoms with E-state index in [1.54, 1.807) is 0 Å². The quantitative estimate of drug-likeness (QED) is 0.851. The molecule has 1 aromatic rings. The van der Waals surface area contributed by atoms with Gasteiger partial charge in [0.15, 0.2) is 0 Å². The summed E-state index contributed by atoms with van der Waals surface area (Å²) in [5.74, 6) is -1.03. The minimum atomic E-state index is -4.05. The zero-order valence-corrected chi connectivity index (χ0v) is 12.2. The number of hydrogen-bond donors (Lipinski definition) is 2. The van der Waals surface area contributed by atoms with Gasteiger partial charge in [-0.15, -0.1) is 0 Å². The fourth-order valence-corrected chi connectivity index (χ4v) is 2.72. The van der Waals surface area contributed by atoms with Gasteiger partial charge in [0.05, 0.1) is 4.90 Å². The zero-order chi connectivity index (χ0) is 15.5. The monoisotopic (exact) mass is 316 g/mol. The van der Waals surface area contributed by atoms with Crippen LogP contribution in [0.15, 0.2) is 23.1 Å². The van der Waals surface area contributed by atoms with Gasteiger partial charge in [-0.2, -0.15) is 0 Å². The largest absolute Gasteiger partial charge is 0.381 e. The van der Waals surface area contributed by atoms with E-state index >= 15 is 0 Å². The Morgan fingerprint density at radius 2 is 2.00 bits per heavy atom. The molecule has 0 bridgehead atoms. The number of primary sulfonamides is 1. The summed E-state index contributed by atoms with van der Waals surface area (Å²) in [6, 6.07) is 2.83. The molecule has 1 heterocycles. The second-order valence-corrected chi connectivity index (χ2v) is 6.55. The average Bonchev–Trinajstić information content (AvgIpc) is 2.44. The lowest BCUT2D eigenvalue weighted by Gasteiger charge is -2.22. The molecule has 0 aromatic heterocycles. The molecule has 0 radical (unpaired) electrons. The molecule has 1 aliphatic rings. The summed E-state index contributed by atoms with van der Waals surface area (Å²) in [7, 11) is -4.05. The van der Waals surface area contributed by atoms with Crippen LogP contribution in [0.3, 0.4) is 0 Å². The molecule has 0 saturated carbocycles. The first-order valence-electron chi connectivity index (χ1n) is 6.55. The van der Waals surface area contributed by atoms with Gasteiger partial charge in [-0.1, -0.05) is 0 Å². The van der Waals surface area contributed by atoms with E-state index < -0.39 is 26.6 Å². The molecule has 0 aliphatic carbocycles. The summed E-state index contributed by atoms with van der Waals surface area (Å²) in [4.78, 5) is 11.6. The SMILES string of the molecule is NS(=O)(=O)c1cc(F)cc(C(=O)NCC2CCOCC2)c1. The van der Waals surface area contributed by atoms with Crippen LogP contribution in [0.2, 0.25) is 0 Å². The zero-order valence-electron chi connectivity index (χ0n) is 11.3. The van der Waals surface area contributed by atoms with Crippen LogP contribution < -0.4 is 10.5 Å². The highest BCUT2D eigenvalue weighted by molar-refractivity contribution is 7.89. The standard InChI is InChI=1S/C13H17FN2O4S/c14-11-5-10(6-12(7-11)21(15,18)19)13(17)16-8-9-1-3-20-4-2-9/h5-7,9H,1-4,8H2,(H,16,17)(H2,15,18,19). The Balaban J connectivity index is 2.06. The molecular weight excluding hydrogens is 299 g/mol. The number of nitrogens with two attached hydrogens (primary N) is 1. The van der Waals surface area contributed by atoms with Crippen LogP contribution in [-0.4, -0.2) is 34.1 Å². The maximum atomic E-state index is 13.4. The van der Waals surface area contributed by atoms with Gasteiger partial charge in [-0.3, -0.25) is 4.79 Å².